The number of rotatable bonds is 5. The Morgan fingerprint density at radius 2 is 1.52 bits per heavy atom. The summed E-state index contributed by atoms with van der Waals surface area (Å²) in [5, 5.41) is 19.1. The maximum absolute atomic E-state index is 9.55. The highest BCUT2D eigenvalue weighted by Gasteiger charge is 2.17. The second-order valence-electron chi connectivity index (χ2n) is 6.17. The van der Waals surface area contributed by atoms with Crippen LogP contribution in [-0.2, 0) is 6.61 Å². The summed E-state index contributed by atoms with van der Waals surface area (Å²) >= 11 is 0. The molecule has 0 fully saturated rings. The molecule has 126 valence electrons. The predicted octanol–water partition coefficient (Wildman–Crippen LogP) is 3.23. The molecule has 3 rings (SSSR count). The fraction of sp³-hybridized carbons (Fsp3) is 0.143. The van der Waals surface area contributed by atoms with Crippen molar-refractivity contribution < 1.29 is 14.8 Å². The van der Waals surface area contributed by atoms with Gasteiger partial charge >= 0.3 is 7.12 Å². The van der Waals surface area contributed by atoms with Gasteiger partial charge in [0.15, 0.2) is 0 Å². The third-order valence-electron chi connectivity index (χ3n) is 4.29. The van der Waals surface area contributed by atoms with Crippen LogP contribution in [0.2, 0.25) is 0 Å². The van der Waals surface area contributed by atoms with E-state index in [-0.39, 0.29) is 0 Å². The van der Waals surface area contributed by atoms with Gasteiger partial charge in [0.1, 0.15) is 12.4 Å². The lowest BCUT2D eigenvalue weighted by atomic mass is 9.78. The average molecular weight is 332 g/mol. The summed E-state index contributed by atoms with van der Waals surface area (Å²) in [7, 11) is -1.51. The fourth-order valence-electron chi connectivity index (χ4n) is 3.00. The van der Waals surface area contributed by atoms with Crippen LogP contribution in [0.1, 0.15) is 16.7 Å². The van der Waals surface area contributed by atoms with E-state index in [0.717, 1.165) is 33.6 Å². The van der Waals surface area contributed by atoms with Crippen LogP contribution >= 0.6 is 0 Å². The van der Waals surface area contributed by atoms with E-state index in [0.29, 0.717) is 12.1 Å². The van der Waals surface area contributed by atoms with Gasteiger partial charge in [0.2, 0.25) is 0 Å². The molecule has 0 heterocycles. The zero-order valence-electron chi connectivity index (χ0n) is 14.4. The monoisotopic (exact) mass is 332 g/mol. The second kappa shape index (κ2) is 7.56. The van der Waals surface area contributed by atoms with Crippen molar-refractivity contribution in [2.45, 2.75) is 20.5 Å². The van der Waals surface area contributed by atoms with Crippen LogP contribution in [0.15, 0.2) is 66.7 Å². The molecule has 0 amide bonds. The summed E-state index contributed by atoms with van der Waals surface area (Å²) < 4.78 is 6.06. The smallest absolute Gasteiger partial charge is 0.488 e. The molecule has 0 bridgehead atoms. The molecule has 0 aliphatic carbocycles. The Labute approximate surface area is 148 Å². The van der Waals surface area contributed by atoms with Crippen molar-refractivity contribution in [1.82, 2.24) is 0 Å². The minimum absolute atomic E-state index is 0.449. The third-order valence-corrected chi connectivity index (χ3v) is 4.29. The van der Waals surface area contributed by atoms with Crippen molar-refractivity contribution in [3.63, 3.8) is 0 Å². The van der Waals surface area contributed by atoms with Crippen molar-refractivity contribution in [1.29, 1.82) is 0 Å². The van der Waals surface area contributed by atoms with Crippen molar-refractivity contribution in [3.05, 3.63) is 83.4 Å². The minimum atomic E-state index is -1.51. The molecule has 0 atom stereocenters. The average Bonchev–Trinajstić information content (AvgIpc) is 2.61. The molecule has 0 saturated heterocycles. The molecule has 4 heteroatoms. The van der Waals surface area contributed by atoms with Crippen LogP contribution in [0, 0.1) is 13.8 Å². The molecule has 0 unspecified atom stereocenters. The molecule has 0 radical (unpaired) electrons. The Morgan fingerprint density at radius 3 is 2.16 bits per heavy atom. The van der Waals surface area contributed by atoms with Crippen LogP contribution in [0.25, 0.3) is 11.1 Å². The van der Waals surface area contributed by atoms with E-state index in [1.165, 1.54) is 0 Å². The highest BCUT2D eigenvalue weighted by molar-refractivity contribution is 6.58. The van der Waals surface area contributed by atoms with Gasteiger partial charge in [0.05, 0.1) is 0 Å². The summed E-state index contributed by atoms with van der Waals surface area (Å²) in [6.07, 6.45) is 0. The van der Waals surface area contributed by atoms with Gasteiger partial charge in [-0.3, -0.25) is 0 Å². The summed E-state index contributed by atoms with van der Waals surface area (Å²) in [6, 6.07) is 21.4. The fourth-order valence-corrected chi connectivity index (χ4v) is 3.00. The molecule has 0 saturated carbocycles. The standard InChI is InChI=1S/C21H21BO3/c1-15-7-6-8-16(2)21(15)19-13-18(22(23)24)11-12-20(19)25-14-17-9-4-3-5-10-17/h3-13,23-24H,14H2,1-2H3. The van der Waals surface area contributed by atoms with E-state index < -0.39 is 7.12 Å². The Hall–Kier alpha value is -2.56. The number of aryl methyl sites for hydroxylation is 2. The molecular formula is C21H21BO3. The minimum Gasteiger partial charge on any atom is -0.488 e. The van der Waals surface area contributed by atoms with Gasteiger partial charge in [0.25, 0.3) is 0 Å². The van der Waals surface area contributed by atoms with E-state index in [1.54, 1.807) is 18.2 Å². The molecule has 3 nitrogen and oxygen atoms in total. The van der Waals surface area contributed by atoms with E-state index >= 15 is 0 Å². The molecule has 25 heavy (non-hydrogen) atoms. The van der Waals surface area contributed by atoms with Crippen LogP contribution in [0.3, 0.4) is 0 Å². The Kier molecular flexibility index (Phi) is 5.22. The Bertz CT molecular complexity index is 840. The van der Waals surface area contributed by atoms with Crippen molar-refractivity contribution in [2.24, 2.45) is 0 Å². The molecule has 0 spiro atoms. The summed E-state index contributed by atoms with van der Waals surface area (Å²) in [4.78, 5) is 0. The summed E-state index contributed by atoms with van der Waals surface area (Å²) in [6.45, 7) is 4.55. The SMILES string of the molecule is Cc1cccc(C)c1-c1cc(B(O)O)ccc1OCc1ccccc1. The Balaban J connectivity index is 2.03. The van der Waals surface area contributed by atoms with Crippen LogP contribution < -0.4 is 10.2 Å². The molecule has 0 aromatic heterocycles. The lowest BCUT2D eigenvalue weighted by Crippen LogP contribution is -2.29. The van der Waals surface area contributed by atoms with Crippen LogP contribution in [0.4, 0.5) is 0 Å². The molecule has 3 aromatic carbocycles. The van der Waals surface area contributed by atoms with Crippen molar-refractivity contribution in [3.8, 4) is 16.9 Å². The highest BCUT2D eigenvalue weighted by atomic mass is 16.5. The molecule has 3 aromatic rings. The molecule has 0 aliphatic heterocycles. The first-order chi connectivity index (χ1) is 12.1. The first-order valence-corrected chi connectivity index (χ1v) is 8.29. The number of benzene rings is 3. The van der Waals surface area contributed by atoms with E-state index in [9.17, 15) is 10.0 Å². The van der Waals surface area contributed by atoms with Gasteiger partial charge in [-0.25, -0.2) is 0 Å². The lowest BCUT2D eigenvalue weighted by Gasteiger charge is -2.17. The molecular weight excluding hydrogens is 311 g/mol. The van der Waals surface area contributed by atoms with Gasteiger partial charge in [0, 0.05) is 5.56 Å². The lowest BCUT2D eigenvalue weighted by molar-refractivity contribution is 0.307. The normalized spacial score (nSPS) is 10.6. The Morgan fingerprint density at radius 1 is 0.840 bits per heavy atom. The van der Waals surface area contributed by atoms with E-state index in [1.807, 2.05) is 62.4 Å². The van der Waals surface area contributed by atoms with Crippen LogP contribution in [0.5, 0.6) is 5.75 Å². The maximum Gasteiger partial charge on any atom is 0.488 e. The van der Waals surface area contributed by atoms with Crippen molar-refractivity contribution in [2.75, 3.05) is 0 Å². The van der Waals surface area contributed by atoms with Gasteiger partial charge < -0.3 is 14.8 Å². The largest absolute Gasteiger partial charge is 0.488 e. The van der Waals surface area contributed by atoms with Crippen LogP contribution in [-0.4, -0.2) is 17.2 Å². The van der Waals surface area contributed by atoms with Gasteiger partial charge in [-0.15, -0.1) is 0 Å². The number of hydrogen-bond acceptors (Lipinski definition) is 3. The topological polar surface area (TPSA) is 49.7 Å². The second-order valence-corrected chi connectivity index (χ2v) is 6.17. The first kappa shape index (κ1) is 17.3. The first-order valence-electron chi connectivity index (χ1n) is 8.29. The van der Waals surface area contributed by atoms with E-state index in [4.69, 9.17) is 4.74 Å². The predicted molar refractivity (Wildman–Crippen MR) is 102 cm³/mol. The highest BCUT2D eigenvalue weighted by Crippen LogP contribution is 2.34. The van der Waals surface area contributed by atoms with Gasteiger partial charge in [-0.2, -0.15) is 0 Å². The molecule has 2 N–H and O–H groups in total. The maximum atomic E-state index is 9.55. The molecule has 0 aliphatic rings. The zero-order chi connectivity index (χ0) is 17.8. The zero-order valence-corrected chi connectivity index (χ0v) is 14.4. The number of ether oxygens (including phenoxy) is 1. The van der Waals surface area contributed by atoms with E-state index in [2.05, 4.69) is 0 Å². The third kappa shape index (κ3) is 3.93. The summed E-state index contributed by atoms with van der Waals surface area (Å²) in [5.74, 6) is 0.727. The quantitative estimate of drug-likeness (QED) is 0.706. The van der Waals surface area contributed by atoms with Gasteiger partial charge in [-0.1, -0.05) is 60.7 Å². The van der Waals surface area contributed by atoms with Gasteiger partial charge in [-0.05, 0) is 47.6 Å². The van der Waals surface area contributed by atoms with Crippen molar-refractivity contribution >= 4 is 12.6 Å². The summed E-state index contributed by atoms with van der Waals surface area (Å²) in [5.41, 5.74) is 5.71. The number of hydrogen-bond donors (Lipinski definition) is 2.